The molecule has 4 heterocycles. The third kappa shape index (κ3) is 5.03. The van der Waals surface area contributed by atoms with E-state index in [0.29, 0.717) is 0 Å². The number of nitrogens with zero attached hydrogens (tertiary/aromatic N) is 4. The molecule has 63 heavy (non-hydrogen) atoms. The molecule has 14 rings (SSSR count). The number of fused-ring (bicyclic) bond motifs is 12. The summed E-state index contributed by atoms with van der Waals surface area (Å²) in [6.07, 6.45) is 0. The van der Waals surface area contributed by atoms with Gasteiger partial charge in [0.25, 0.3) is 0 Å². The molecule has 0 unspecified atom stereocenters. The standard InChI is InChI=1S/C58H34N4S/c1-2-15-40-37(14-1)34-51-55(57(40)62-48-23-9-4-16-41(48)42-17-5-10-24-49(42)62)44-19-6-11-25-50(44)61(51)39-31-30-35-32-38(29-28-36(35)33-39)58-59-47-22-8-3-18-43(47)56(60-58)46-21-13-27-53-54(46)45-20-7-12-26-52(45)63-53/h1-34H. The second kappa shape index (κ2) is 13.2. The lowest BCUT2D eigenvalue weighted by molar-refractivity contribution is 1.18. The van der Waals surface area contributed by atoms with Crippen LogP contribution in [0.2, 0.25) is 0 Å². The van der Waals surface area contributed by atoms with Gasteiger partial charge in [-0.3, -0.25) is 0 Å². The normalized spacial score (nSPS) is 12.1. The smallest absolute Gasteiger partial charge is 0.160 e. The SMILES string of the molecule is c1ccc2c(-n3c4ccccc4c4ccccc43)c3c4ccccc4n(-c4ccc5cc(-c6nc(-c7cccc8sc9ccccc9c78)c7ccccc7n6)ccc5c4)c3cc2c1. The molecule has 0 radical (unpaired) electrons. The summed E-state index contributed by atoms with van der Waals surface area (Å²) in [5.41, 5.74) is 11.1. The van der Waals surface area contributed by atoms with Crippen LogP contribution in [0.4, 0.5) is 0 Å². The summed E-state index contributed by atoms with van der Waals surface area (Å²) in [7, 11) is 0. The molecule has 5 heteroatoms. The van der Waals surface area contributed by atoms with Crippen LogP contribution in [0.15, 0.2) is 206 Å². The van der Waals surface area contributed by atoms with Gasteiger partial charge in [-0.05, 0) is 76.8 Å². The van der Waals surface area contributed by atoms with Gasteiger partial charge in [-0.15, -0.1) is 11.3 Å². The summed E-state index contributed by atoms with van der Waals surface area (Å²) < 4.78 is 7.50. The molecule has 0 N–H and O–H groups in total. The van der Waals surface area contributed by atoms with Crippen LogP contribution in [-0.2, 0) is 0 Å². The Morgan fingerprint density at radius 2 is 0.984 bits per heavy atom. The molecule has 0 fully saturated rings. The first kappa shape index (κ1) is 34.6. The average molecular weight is 819 g/mol. The van der Waals surface area contributed by atoms with Gasteiger partial charge in [0, 0.05) is 69.3 Å². The van der Waals surface area contributed by atoms with E-state index in [1.165, 1.54) is 80.2 Å². The quantitative estimate of drug-likeness (QED) is 0.177. The lowest BCUT2D eigenvalue weighted by Gasteiger charge is -2.15. The van der Waals surface area contributed by atoms with Crippen LogP contribution in [0, 0.1) is 0 Å². The Balaban J connectivity index is 0.966. The van der Waals surface area contributed by atoms with Gasteiger partial charge in [0.15, 0.2) is 5.82 Å². The van der Waals surface area contributed by atoms with Crippen LogP contribution in [0.5, 0.6) is 0 Å². The maximum Gasteiger partial charge on any atom is 0.160 e. The summed E-state index contributed by atoms with van der Waals surface area (Å²) in [6.45, 7) is 0. The van der Waals surface area contributed by atoms with Crippen molar-refractivity contribution in [2.75, 3.05) is 0 Å². The number of hydrogen-bond acceptors (Lipinski definition) is 3. The Labute approximate surface area is 365 Å². The first-order chi connectivity index (χ1) is 31.2. The molecular formula is C58H34N4S. The van der Waals surface area contributed by atoms with E-state index in [4.69, 9.17) is 9.97 Å². The van der Waals surface area contributed by atoms with E-state index in [2.05, 4.69) is 215 Å². The van der Waals surface area contributed by atoms with Crippen LogP contribution in [0.1, 0.15) is 0 Å². The zero-order valence-electron chi connectivity index (χ0n) is 33.8. The van der Waals surface area contributed by atoms with E-state index in [1.54, 1.807) is 0 Å². The van der Waals surface area contributed by atoms with Crippen molar-refractivity contribution in [1.82, 2.24) is 19.1 Å². The van der Waals surface area contributed by atoms with Gasteiger partial charge in [0.2, 0.25) is 0 Å². The number of benzene rings is 10. The Kier molecular flexibility index (Phi) is 7.24. The van der Waals surface area contributed by atoms with Crippen LogP contribution >= 0.6 is 11.3 Å². The lowest BCUT2D eigenvalue weighted by Crippen LogP contribution is -1.98. The minimum absolute atomic E-state index is 0.720. The number of hydrogen-bond donors (Lipinski definition) is 0. The van der Waals surface area contributed by atoms with E-state index >= 15 is 0 Å². The molecule has 14 aromatic rings. The summed E-state index contributed by atoms with van der Waals surface area (Å²) in [5.74, 6) is 0.720. The number of thiophene rings is 1. The third-order valence-electron chi connectivity index (χ3n) is 13.1. The molecule has 0 bridgehead atoms. The van der Waals surface area contributed by atoms with E-state index in [-0.39, 0.29) is 0 Å². The fourth-order valence-electron chi connectivity index (χ4n) is 10.3. The summed E-state index contributed by atoms with van der Waals surface area (Å²) in [5, 5.41) is 13.3. The van der Waals surface area contributed by atoms with Crippen LogP contribution in [-0.4, -0.2) is 19.1 Å². The maximum absolute atomic E-state index is 5.39. The molecule has 0 atom stereocenters. The Hall–Kier alpha value is -8.12. The highest BCUT2D eigenvalue weighted by Gasteiger charge is 2.23. The van der Waals surface area contributed by atoms with Gasteiger partial charge >= 0.3 is 0 Å². The van der Waals surface area contributed by atoms with Crippen molar-refractivity contribution < 1.29 is 0 Å². The monoisotopic (exact) mass is 818 g/mol. The highest BCUT2D eigenvalue weighted by atomic mass is 32.1. The molecule has 0 saturated heterocycles. The Morgan fingerprint density at radius 3 is 1.79 bits per heavy atom. The van der Waals surface area contributed by atoms with Gasteiger partial charge in [-0.25, -0.2) is 9.97 Å². The van der Waals surface area contributed by atoms with Crippen molar-refractivity contribution in [1.29, 1.82) is 0 Å². The predicted octanol–water partition coefficient (Wildman–Crippen LogP) is 15.8. The van der Waals surface area contributed by atoms with Crippen molar-refractivity contribution in [2.24, 2.45) is 0 Å². The first-order valence-corrected chi connectivity index (χ1v) is 22.2. The highest BCUT2D eigenvalue weighted by molar-refractivity contribution is 7.25. The molecule has 0 aliphatic heterocycles. The summed E-state index contributed by atoms with van der Waals surface area (Å²) >= 11 is 1.83. The second-order valence-electron chi connectivity index (χ2n) is 16.5. The molecular weight excluding hydrogens is 785 g/mol. The molecule has 0 spiro atoms. The molecule has 0 saturated carbocycles. The number of para-hydroxylation sites is 4. The third-order valence-corrected chi connectivity index (χ3v) is 14.2. The van der Waals surface area contributed by atoms with Crippen LogP contribution < -0.4 is 0 Å². The van der Waals surface area contributed by atoms with E-state index in [0.717, 1.165) is 50.0 Å². The van der Waals surface area contributed by atoms with Crippen LogP contribution in [0.25, 0.3) is 130 Å². The first-order valence-electron chi connectivity index (χ1n) is 21.4. The summed E-state index contributed by atoms with van der Waals surface area (Å²) in [6, 6.07) is 74.9. The number of aromatic nitrogens is 4. The fraction of sp³-hybridized carbons (Fsp3) is 0. The van der Waals surface area contributed by atoms with Gasteiger partial charge < -0.3 is 9.13 Å². The van der Waals surface area contributed by atoms with E-state index < -0.39 is 0 Å². The lowest BCUT2D eigenvalue weighted by atomic mass is 10.00. The van der Waals surface area contributed by atoms with E-state index in [9.17, 15) is 0 Å². The molecule has 0 aliphatic carbocycles. The van der Waals surface area contributed by atoms with Crippen molar-refractivity contribution in [2.45, 2.75) is 0 Å². The van der Waals surface area contributed by atoms with Crippen molar-refractivity contribution in [3.63, 3.8) is 0 Å². The van der Waals surface area contributed by atoms with E-state index in [1.807, 2.05) is 11.3 Å². The Morgan fingerprint density at radius 1 is 0.365 bits per heavy atom. The molecule has 4 nitrogen and oxygen atoms in total. The average Bonchev–Trinajstić information content (AvgIpc) is 4.00. The molecule has 0 aliphatic rings. The fourth-order valence-corrected chi connectivity index (χ4v) is 11.5. The second-order valence-corrected chi connectivity index (χ2v) is 17.6. The number of rotatable bonds is 4. The molecule has 4 aromatic heterocycles. The molecule has 292 valence electrons. The zero-order valence-corrected chi connectivity index (χ0v) is 34.6. The minimum atomic E-state index is 0.720. The van der Waals surface area contributed by atoms with Crippen molar-refractivity contribution >= 4 is 108 Å². The topological polar surface area (TPSA) is 35.6 Å². The largest absolute Gasteiger partial charge is 0.309 e. The summed E-state index contributed by atoms with van der Waals surface area (Å²) in [4.78, 5) is 10.6. The van der Waals surface area contributed by atoms with Crippen molar-refractivity contribution in [3.05, 3.63) is 206 Å². The maximum atomic E-state index is 5.39. The highest BCUT2D eigenvalue weighted by Crippen LogP contribution is 2.45. The van der Waals surface area contributed by atoms with Crippen LogP contribution in [0.3, 0.4) is 0 Å². The molecule has 0 amide bonds. The predicted molar refractivity (Wildman–Crippen MR) is 267 cm³/mol. The Bertz CT molecular complexity index is 4170. The minimum Gasteiger partial charge on any atom is -0.309 e. The van der Waals surface area contributed by atoms with Crippen molar-refractivity contribution in [3.8, 4) is 34.0 Å². The van der Waals surface area contributed by atoms with Gasteiger partial charge in [0.05, 0.1) is 39.0 Å². The van der Waals surface area contributed by atoms with Gasteiger partial charge in [0.1, 0.15) is 0 Å². The van der Waals surface area contributed by atoms with Gasteiger partial charge in [-0.2, -0.15) is 0 Å². The molecule has 10 aromatic carbocycles. The zero-order chi connectivity index (χ0) is 41.2. The van der Waals surface area contributed by atoms with Gasteiger partial charge in [-0.1, -0.05) is 146 Å².